The van der Waals surface area contributed by atoms with E-state index in [1.165, 1.54) is 0 Å². The van der Waals surface area contributed by atoms with Gasteiger partial charge >= 0.3 is 0 Å². The molecule has 0 amide bonds. The van der Waals surface area contributed by atoms with Gasteiger partial charge in [0.25, 0.3) is 0 Å². The van der Waals surface area contributed by atoms with Gasteiger partial charge in [-0.1, -0.05) is 30.3 Å². The minimum Gasteiger partial charge on any atom is -0.211 e. The van der Waals surface area contributed by atoms with Gasteiger partial charge in [0, 0.05) is 5.54 Å². The zero-order chi connectivity index (χ0) is 13.3. The van der Waals surface area contributed by atoms with Crippen LogP contribution in [0.4, 0.5) is 0 Å². The van der Waals surface area contributed by atoms with E-state index in [2.05, 4.69) is 4.72 Å². The largest absolute Gasteiger partial charge is 0.221 e. The second kappa shape index (κ2) is 4.42. The van der Waals surface area contributed by atoms with E-state index in [9.17, 15) is 8.42 Å². The molecule has 1 aromatic rings. The minimum atomic E-state index is -3.42. The fraction of sp³-hybridized carbons (Fsp3) is 0.538. The fourth-order valence-corrected chi connectivity index (χ4v) is 3.03. The predicted molar refractivity (Wildman–Crippen MR) is 71.3 cm³/mol. The lowest BCUT2D eigenvalue weighted by Crippen LogP contribution is -2.48. The second-order valence-electron chi connectivity index (χ2n) is 5.73. The highest BCUT2D eigenvalue weighted by Gasteiger charge is 2.38. The number of hydrogen-bond donors (Lipinski definition) is 1. The number of nitrogens with one attached hydrogen (secondary N) is 1. The summed E-state index contributed by atoms with van der Waals surface area (Å²) in [6.07, 6.45) is 0. The molecule has 0 aromatic heterocycles. The molecule has 17 heavy (non-hydrogen) atoms. The molecule has 0 bridgehead atoms. The van der Waals surface area contributed by atoms with Crippen LogP contribution in [0, 0.1) is 0 Å². The van der Waals surface area contributed by atoms with Crippen molar-refractivity contribution in [1.29, 1.82) is 0 Å². The quantitative estimate of drug-likeness (QED) is 0.902. The highest BCUT2D eigenvalue weighted by atomic mass is 32.2. The third-order valence-corrected chi connectivity index (χ3v) is 5.04. The molecule has 0 spiro atoms. The van der Waals surface area contributed by atoms with Crippen molar-refractivity contribution in [1.82, 2.24) is 4.72 Å². The zero-order valence-electron chi connectivity index (χ0n) is 11.1. The molecule has 0 unspecified atom stereocenters. The van der Waals surface area contributed by atoms with Crippen molar-refractivity contribution in [3.63, 3.8) is 0 Å². The molecule has 0 fully saturated rings. The summed E-state index contributed by atoms with van der Waals surface area (Å²) < 4.78 is 26.5. The van der Waals surface area contributed by atoms with Gasteiger partial charge in [0.05, 0.1) is 0 Å². The van der Waals surface area contributed by atoms with Crippen LogP contribution in [0.15, 0.2) is 30.3 Å². The van der Waals surface area contributed by atoms with E-state index in [1.54, 1.807) is 13.8 Å². The van der Waals surface area contributed by atoms with Gasteiger partial charge in [-0.25, -0.2) is 13.1 Å². The molecule has 0 aliphatic carbocycles. The summed E-state index contributed by atoms with van der Waals surface area (Å²) in [7, 11) is -3.42. The number of benzene rings is 1. The van der Waals surface area contributed by atoms with E-state index < -0.39 is 20.3 Å². The predicted octanol–water partition coefficient (Wildman–Crippen LogP) is 2.64. The van der Waals surface area contributed by atoms with Crippen LogP contribution >= 0.6 is 0 Å². The highest BCUT2D eigenvalue weighted by molar-refractivity contribution is 7.90. The molecular weight excluding hydrogens is 234 g/mol. The summed E-state index contributed by atoms with van der Waals surface area (Å²) in [5.74, 6) is 0. The van der Waals surface area contributed by atoms with Crippen LogP contribution in [0.5, 0.6) is 0 Å². The Labute approximate surface area is 104 Å². The maximum Gasteiger partial charge on any atom is 0.221 e. The monoisotopic (exact) mass is 255 g/mol. The molecule has 0 saturated heterocycles. The summed E-state index contributed by atoms with van der Waals surface area (Å²) in [5, 5.41) is 0. The zero-order valence-corrected chi connectivity index (χ0v) is 11.9. The van der Waals surface area contributed by atoms with Crippen molar-refractivity contribution in [2.24, 2.45) is 0 Å². The van der Waals surface area contributed by atoms with Crippen LogP contribution < -0.4 is 4.72 Å². The standard InChI is InChI=1S/C13H21NO2S/c1-12(2,3)14-17(15,16)13(4,5)11-9-7-6-8-10-11/h6-10,14H,1-5H3. The Kier molecular flexibility index (Phi) is 3.69. The van der Waals surface area contributed by atoms with Gasteiger partial charge in [0.1, 0.15) is 4.75 Å². The SMILES string of the molecule is CC(C)(C)NS(=O)(=O)C(C)(C)c1ccccc1. The third-order valence-electron chi connectivity index (χ3n) is 2.58. The number of rotatable bonds is 3. The van der Waals surface area contributed by atoms with Crippen molar-refractivity contribution in [3.8, 4) is 0 Å². The van der Waals surface area contributed by atoms with Crippen molar-refractivity contribution in [2.45, 2.75) is 44.9 Å². The molecule has 0 radical (unpaired) electrons. The second-order valence-corrected chi connectivity index (χ2v) is 7.96. The Morgan fingerprint density at radius 1 is 0.941 bits per heavy atom. The lowest BCUT2D eigenvalue weighted by atomic mass is 10.0. The summed E-state index contributed by atoms with van der Waals surface area (Å²) in [6, 6.07) is 9.25. The van der Waals surface area contributed by atoms with E-state index in [-0.39, 0.29) is 0 Å². The van der Waals surface area contributed by atoms with Gasteiger partial charge < -0.3 is 0 Å². The van der Waals surface area contributed by atoms with Crippen LogP contribution in [-0.4, -0.2) is 14.0 Å². The molecule has 3 nitrogen and oxygen atoms in total. The van der Waals surface area contributed by atoms with Crippen molar-refractivity contribution in [2.75, 3.05) is 0 Å². The first-order chi connectivity index (χ1) is 7.56. The van der Waals surface area contributed by atoms with E-state index in [4.69, 9.17) is 0 Å². The molecule has 0 saturated carbocycles. The van der Waals surface area contributed by atoms with Gasteiger partial charge in [-0.2, -0.15) is 0 Å². The first-order valence-electron chi connectivity index (χ1n) is 5.65. The molecule has 4 heteroatoms. The smallest absolute Gasteiger partial charge is 0.211 e. The average Bonchev–Trinajstić information content (AvgIpc) is 2.15. The summed E-state index contributed by atoms with van der Waals surface area (Å²) in [4.78, 5) is 0. The maximum absolute atomic E-state index is 12.4. The van der Waals surface area contributed by atoms with Crippen LogP contribution in [-0.2, 0) is 14.8 Å². The number of sulfonamides is 1. The van der Waals surface area contributed by atoms with Crippen LogP contribution in [0.3, 0.4) is 0 Å². The topological polar surface area (TPSA) is 46.2 Å². The molecular formula is C13H21NO2S. The van der Waals surface area contributed by atoms with E-state index in [0.29, 0.717) is 0 Å². The molecule has 1 N–H and O–H groups in total. The summed E-state index contributed by atoms with van der Waals surface area (Å²) in [5.41, 5.74) is 0.321. The van der Waals surface area contributed by atoms with Gasteiger partial charge in [-0.15, -0.1) is 0 Å². The van der Waals surface area contributed by atoms with Crippen molar-refractivity contribution < 1.29 is 8.42 Å². The van der Waals surface area contributed by atoms with Crippen LogP contribution in [0.25, 0.3) is 0 Å². The Morgan fingerprint density at radius 2 is 1.41 bits per heavy atom. The molecule has 1 aromatic carbocycles. The van der Waals surface area contributed by atoms with Crippen LogP contribution in [0.2, 0.25) is 0 Å². The maximum atomic E-state index is 12.4. The Hall–Kier alpha value is -0.870. The summed E-state index contributed by atoms with van der Waals surface area (Å²) >= 11 is 0. The molecule has 0 aliphatic heterocycles. The minimum absolute atomic E-state index is 0.467. The Balaban J connectivity index is 3.15. The number of hydrogen-bond acceptors (Lipinski definition) is 2. The van der Waals surface area contributed by atoms with E-state index in [1.807, 2.05) is 51.1 Å². The summed E-state index contributed by atoms with van der Waals surface area (Å²) in [6.45, 7) is 8.95. The average molecular weight is 255 g/mol. The van der Waals surface area contributed by atoms with Gasteiger partial charge in [0.2, 0.25) is 10.0 Å². The Morgan fingerprint density at radius 3 is 1.82 bits per heavy atom. The molecule has 0 heterocycles. The highest BCUT2D eigenvalue weighted by Crippen LogP contribution is 2.29. The Bertz CT molecular complexity index is 470. The lowest BCUT2D eigenvalue weighted by molar-refractivity contribution is 0.470. The molecule has 96 valence electrons. The normalized spacial score (nSPS) is 13.7. The van der Waals surface area contributed by atoms with Gasteiger partial charge in [0.15, 0.2) is 0 Å². The molecule has 0 aliphatic rings. The first-order valence-corrected chi connectivity index (χ1v) is 7.14. The first kappa shape index (κ1) is 14.2. The molecule has 0 atom stereocenters. The van der Waals surface area contributed by atoms with Gasteiger partial charge in [-0.3, -0.25) is 0 Å². The lowest BCUT2D eigenvalue weighted by Gasteiger charge is -2.30. The fourth-order valence-electron chi connectivity index (χ4n) is 1.53. The van der Waals surface area contributed by atoms with E-state index >= 15 is 0 Å². The third kappa shape index (κ3) is 3.30. The molecule has 1 rings (SSSR count). The van der Waals surface area contributed by atoms with E-state index in [0.717, 1.165) is 5.56 Å². The van der Waals surface area contributed by atoms with Crippen LogP contribution in [0.1, 0.15) is 40.2 Å². The van der Waals surface area contributed by atoms with Crippen molar-refractivity contribution >= 4 is 10.0 Å². The van der Waals surface area contributed by atoms with Crippen molar-refractivity contribution in [3.05, 3.63) is 35.9 Å². The van der Waals surface area contributed by atoms with Gasteiger partial charge in [-0.05, 0) is 40.2 Å².